The Labute approximate surface area is 355 Å². The Bertz CT molecular complexity index is 2650. The minimum Gasteiger partial charge on any atom is -0.465 e. The van der Waals surface area contributed by atoms with Crippen molar-refractivity contribution in [3.63, 3.8) is 0 Å². The maximum absolute atomic E-state index is 12.8. The maximum Gasteiger partial charge on any atom is 0.509 e. The first-order valence-electron chi connectivity index (χ1n) is 21.1. The molecular weight excluding hydrogens is 761 g/mol. The highest BCUT2D eigenvalue weighted by Crippen LogP contribution is 2.44. The average molecular weight is 809 g/mol. The van der Waals surface area contributed by atoms with Crippen LogP contribution in [0.4, 0.5) is 4.79 Å². The van der Waals surface area contributed by atoms with Gasteiger partial charge >= 0.3 is 12.2 Å². The number of carbonyl (C=O) groups is 1. The average Bonchev–Trinajstić information content (AvgIpc) is 3.94. The largest absolute Gasteiger partial charge is 0.509 e. The van der Waals surface area contributed by atoms with Gasteiger partial charge in [-0.3, -0.25) is 4.57 Å². The number of rotatable bonds is 12. The fraction of sp³-hybridized carbons (Fsp3) is 0.235. The summed E-state index contributed by atoms with van der Waals surface area (Å²) in [6, 6.07) is 52.4. The van der Waals surface area contributed by atoms with Gasteiger partial charge in [-0.2, -0.15) is 4.98 Å². The number of aromatic nitrogens is 6. The first kappa shape index (κ1) is 39.4. The fourth-order valence-electron chi connectivity index (χ4n) is 8.95. The van der Waals surface area contributed by atoms with Crippen molar-refractivity contribution in [3.8, 4) is 34.2 Å². The van der Waals surface area contributed by atoms with Crippen molar-refractivity contribution in [2.24, 2.45) is 0 Å². The van der Waals surface area contributed by atoms with Gasteiger partial charge in [0.25, 0.3) is 0 Å². The quantitative estimate of drug-likeness (QED) is 0.0887. The van der Waals surface area contributed by atoms with E-state index in [-0.39, 0.29) is 6.10 Å². The highest BCUT2D eigenvalue weighted by atomic mass is 16.7. The lowest BCUT2D eigenvalue weighted by Crippen LogP contribution is -2.39. The van der Waals surface area contributed by atoms with E-state index in [4.69, 9.17) is 29.5 Å². The summed E-state index contributed by atoms with van der Waals surface area (Å²) in [5, 5.41) is 13.9. The molecule has 1 aliphatic carbocycles. The summed E-state index contributed by atoms with van der Waals surface area (Å²) in [4.78, 5) is 17.7. The van der Waals surface area contributed by atoms with Crippen LogP contribution in [0.1, 0.15) is 79.9 Å². The highest BCUT2D eigenvalue weighted by Gasteiger charge is 2.42. The molecule has 6 aromatic carbocycles. The van der Waals surface area contributed by atoms with Crippen molar-refractivity contribution < 1.29 is 19.0 Å². The smallest absolute Gasteiger partial charge is 0.465 e. The van der Waals surface area contributed by atoms with Crippen LogP contribution in [0.3, 0.4) is 0 Å². The molecule has 61 heavy (non-hydrogen) atoms. The summed E-state index contributed by atoms with van der Waals surface area (Å²) in [6.07, 6.45) is 3.90. The van der Waals surface area contributed by atoms with Gasteiger partial charge in [0, 0.05) is 5.56 Å². The predicted molar refractivity (Wildman–Crippen MR) is 237 cm³/mol. The second kappa shape index (κ2) is 17.3. The summed E-state index contributed by atoms with van der Waals surface area (Å²) >= 11 is 0. The van der Waals surface area contributed by atoms with Crippen LogP contribution >= 0.6 is 0 Å². The number of aryl methyl sites for hydroxylation is 1. The van der Waals surface area contributed by atoms with Crippen LogP contribution in [0, 0.1) is 6.92 Å². The first-order chi connectivity index (χ1) is 30.0. The van der Waals surface area contributed by atoms with Gasteiger partial charge < -0.3 is 14.2 Å². The van der Waals surface area contributed by atoms with Gasteiger partial charge in [-0.1, -0.05) is 140 Å². The standard InChI is InChI=1S/C51H48N6O4/c1-4-59-49-52-47-35(2)43(36(3)60-50(58)61-42-25-15-8-16-26-42)33-34-46(47)56(49)41-31-29-37(30-32-41)44-27-17-18-28-45(44)48-53-54-55-57(48)51(38-19-9-5-10-20-38,39-21-11-6-12-22-39)40-23-13-7-14-24-40/h5-7,9-14,17-24,27-34,36,42H,4,8,15-16,25-26H2,1-3H3. The van der Waals surface area contributed by atoms with Crippen molar-refractivity contribution in [1.82, 2.24) is 29.8 Å². The third kappa shape index (κ3) is 7.43. The van der Waals surface area contributed by atoms with E-state index in [9.17, 15) is 4.79 Å². The number of hydrogen-bond donors (Lipinski definition) is 0. The van der Waals surface area contributed by atoms with Gasteiger partial charge in [0.1, 0.15) is 17.7 Å². The van der Waals surface area contributed by atoms with Crippen LogP contribution in [0.15, 0.2) is 152 Å². The molecule has 1 saturated carbocycles. The van der Waals surface area contributed by atoms with Gasteiger partial charge in [0.2, 0.25) is 0 Å². The zero-order valence-corrected chi connectivity index (χ0v) is 34.6. The molecule has 0 radical (unpaired) electrons. The normalized spacial score (nSPS) is 13.8. The Hall–Kier alpha value is -7.07. The molecular formula is C51H48N6O4. The summed E-state index contributed by atoms with van der Waals surface area (Å²) in [5.41, 5.74) is 9.38. The number of nitrogens with zero attached hydrogens (tertiary/aromatic N) is 6. The Morgan fingerprint density at radius 1 is 0.738 bits per heavy atom. The molecule has 1 aliphatic rings. The van der Waals surface area contributed by atoms with Crippen molar-refractivity contribution in [3.05, 3.63) is 179 Å². The number of imidazole rings is 1. The van der Waals surface area contributed by atoms with Crippen LogP contribution in [0.2, 0.25) is 0 Å². The summed E-state index contributed by atoms with van der Waals surface area (Å²) in [6.45, 7) is 6.27. The monoisotopic (exact) mass is 808 g/mol. The van der Waals surface area contributed by atoms with Gasteiger partial charge in [0.05, 0.1) is 23.3 Å². The van der Waals surface area contributed by atoms with E-state index in [0.717, 1.165) is 86.9 Å². The third-order valence-corrected chi connectivity index (χ3v) is 11.9. The summed E-state index contributed by atoms with van der Waals surface area (Å²) in [5.74, 6) is 0.627. The molecule has 0 bridgehead atoms. The van der Waals surface area contributed by atoms with Crippen molar-refractivity contribution in [2.45, 2.75) is 70.6 Å². The molecule has 0 saturated heterocycles. The Morgan fingerprint density at radius 3 is 1.93 bits per heavy atom. The predicted octanol–water partition coefficient (Wildman–Crippen LogP) is 11.4. The molecule has 9 rings (SSSR count). The van der Waals surface area contributed by atoms with E-state index in [2.05, 4.69) is 114 Å². The molecule has 1 fully saturated rings. The third-order valence-electron chi connectivity index (χ3n) is 11.9. The number of benzene rings is 6. The summed E-state index contributed by atoms with van der Waals surface area (Å²) in [7, 11) is 0. The Morgan fingerprint density at radius 2 is 1.33 bits per heavy atom. The number of ether oxygens (including phenoxy) is 3. The van der Waals surface area contributed by atoms with Crippen LogP contribution in [0.25, 0.3) is 39.2 Å². The molecule has 1 atom stereocenters. The molecule has 1 unspecified atom stereocenters. The molecule has 2 aromatic heterocycles. The summed E-state index contributed by atoms with van der Waals surface area (Å²) < 4.78 is 21.6. The maximum atomic E-state index is 12.8. The van der Waals surface area contributed by atoms with E-state index < -0.39 is 17.8 Å². The lowest BCUT2D eigenvalue weighted by Gasteiger charge is -2.36. The lowest BCUT2D eigenvalue weighted by molar-refractivity contribution is -0.00759. The number of carbonyl (C=O) groups excluding carboxylic acids is 1. The first-order valence-corrected chi connectivity index (χ1v) is 21.1. The molecule has 0 aliphatic heterocycles. The van der Waals surface area contributed by atoms with E-state index in [1.165, 1.54) is 6.42 Å². The molecule has 306 valence electrons. The van der Waals surface area contributed by atoms with E-state index >= 15 is 0 Å². The Balaban J connectivity index is 1.08. The Kier molecular flexibility index (Phi) is 11.1. The van der Waals surface area contributed by atoms with Gasteiger partial charge in [-0.15, -0.1) is 5.10 Å². The molecule has 8 aromatic rings. The number of fused-ring (bicyclic) bond motifs is 1. The highest BCUT2D eigenvalue weighted by molar-refractivity contribution is 5.85. The lowest BCUT2D eigenvalue weighted by atomic mass is 9.77. The zero-order valence-electron chi connectivity index (χ0n) is 34.6. The fourth-order valence-corrected chi connectivity index (χ4v) is 8.95. The molecule has 0 N–H and O–H groups in total. The number of tetrazole rings is 1. The molecule has 0 amide bonds. The molecule has 2 heterocycles. The van der Waals surface area contributed by atoms with Crippen LogP contribution < -0.4 is 4.74 Å². The molecule has 0 spiro atoms. The molecule has 10 heteroatoms. The van der Waals surface area contributed by atoms with E-state index in [1.807, 2.05) is 72.5 Å². The van der Waals surface area contributed by atoms with Crippen LogP contribution in [-0.2, 0) is 15.0 Å². The van der Waals surface area contributed by atoms with Gasteiger partial charge in [-0.25, -0.2) is 9.48 Å². The molecule has 10 nitrogen and oxygen atoms in total. The number of hydrogen-bond acceptors (Lipinski definition) is 8. The van der Waals surface area contributed by atoms with Gasteiger partial charge in [0.15, 0.2) is 5.82 Å². The second-order valence-electron chi connectivity index (χ2n) is 15.5. The van der Waals surface area contributed by atoms with E-state index in [1.54, 1.807) is 0 Å². The van der Waals surface area contributed by atoms with Crippen molar-refractivity contribution in [1.29, 1.82) is 0 Å². The minimum atomic E-state index is -0.891. The second-order valence-corrected chi connectivity index (χ2v) is 15.5. The minimum absolute atomic E-state index is 0.0723. The SMILES string of the molecule is CCOc1nc2c(C)c(C(C)OC(=O)OC3CCCCC3)ccc2n1-c1ccc(-c2ccccc2-c2nnnn2C(c2ccccc2)(c2ccccc2)c2ccccc2)cc1. The van der Waals surface area contributed by atoms with Crippen molar-refractivity contribution in [2.75, 3.05) is 6.61 Å². The van der Waals surface area contributed by atoms with Crippen molar-refractivity contribution >= 4 is 17.2 Å². The van der Waals surface area contributed by atoms with E-state index in [0.29, 0.717) is 18.4 Å². The van der Waals surface area contributed by atoms with Crippen LogP contribution in [-0.4, -0.2) is 48.6 Å². The topological polar surface area (TPSA) is 106 Å². The zero-order chi connectivity index (χ0) is 41.8. The van der Waals surface area contributed by atoms with Gasteiger partial charge in [-0.05, 0) is 114 Å². The van der Waals surface area contributed by atoms with Crippen LogP contribution in [0.5, 0.6) is 6.01 Å².